The van der Waals surface area contributed by atoms with Crippen LogP contribution in [-0.2, 0) is 0 Å². The second kappa shape index (κ2) is 7.48. The lowest BCUT2D eigenvalue weighted by Gasteiger charge is -2.21. The summed E-state index contributed by atoms with van der Waals surface area (Å²) in [7, 11) is 0. The highest BCUT2D eigenvalue weighted by atomic mass is 14.2. The molecule has 0 nitrogen and oxygen atoms in total. The van der Waals surface area contributed by atoms with Crippen LogP contribution >= 0.6 is 0 Å². The number of benzene rings is 4. The molecule has 0 aliphatic carbocycles. The molecule has 0 amide bonds. The Morgan fingerprint density at radius 2 is 0.964 bits per heavy atom. The van der Waals surface area contributed by atoms with E-state index in [0.717, 1.165) is 0 Å². The van der Waals surface area contributed by atoms with E-state index in [9.17, 15) is 0 Å². The predicted octanol–water partition coefficient (Wildman–Crippen LogP) is 7.92. The summed E-state index contributed by atoms with van der Waals surface area (Å²) in [5.41, 5.74) is 13.2. The van der Waals surface area contributed by atoms with Gasteiger partial charge in [-0.15, -0.1) is 0 Å². The van der Waals surface area contributed by atoms with E-state index < -0.39 is 0 Å². The average molecular weight is 363 g/mol. The Bertz CT molecular complexity index is 1130. The molecule has 28 heavy (non-hydrogen) atoms. The highest BCUT2D eigenvalue weighted by Gasteiger charge is 2.18. The van der Waals surface area contributed by atoms with Gasteiger partial charge in [0.15, 0.2) is 0 Å². The first-order valence-corrected chi connectivity index (χ1v) is 9.89. The summed E-state index contributed by atoms with van der Waals surface area (Å²) < 4.78 is 0. The number of rotatable bonds is 3. The fourth-order valence-electron chi connectivity index (χ4n) is 4.12. The van der Waals surface area contributed by atoms with Crippen LogP contribution in [0.1, 0.15) is 22.3 Å². The molecule has 0 bridgehead atoms. The molecule has 4 aromatic rings. The molecular weight excluding hydrogens is 336 g/mol. The molecule has 138 valence electrons. The second-order valence-corrected chi connectivity index (χ2v) is 7.59. The molecule has 0 atom stereocenters. The van der Waals surface area contributed by atoms with Gasteiger partial charge in [0, 0.05) is 0 Å². The summed E-state index contributed by atoms with van der Waals surface area (Å²) in [4.78, 5) is 0. The van der Waals surface area contributed by atoms with E-state index in [4.69, 9.17) is 0 Å². The van der Waals surface area contributed by atoms with E-state index in [-0.39, 0.29) is 0 Å². The molecule has 0 heterocycles. The highest BCUT2D eigenvalue weighted by molar-refractivity contribution is 5.92. The van der Waals surface area contributed by atoms with Gasteiger partial charge in [0.1, 0.15) is 0 Å². The molecule has 0 heteroatoms. The van der Waals surface area contributed by atoms with Crippen LogP contribution < -0.4 is 0 Å². The van der Waals surface area contributed by atoms with Crippen LogP contribution in [-0.4, -0.2) is 0 Å². The first-order valence-electron chi connectivity index (χ1n) is 9.89. The van der Waals surface area contributed by atoms with Crippen LogP contribution in [0.4, 0.5) is 0 Å². The zero-order valence-corrected chi connectivity index (χ0v) is 17.1. The average Bonchev–Trinajstić information content (AvgIpc) is 2.72. The monoisotopic (exact) mass is 362 g/mol. The molecule has 4 aromatic carbocycles. The fraction of sp³-hybridized carbons (Fsp3) is 0.143. The summed E-state index contributed by atoms with van der Waals surface area (Å²) in [6.07, 6.45) is 0. The van der Waals surface area contributed by atoms with Gasteiger partial charge >= 0.3 is 0 Å². The maximum atomic E-state index is 2.39. The summed E-state index contributed by atoms with van der Waals surface area (Å²) >= 11 is 0. The van der Waals surface area contributed by atoms with Gasteiger partial charge in [0.2, 0.25) is 0 Å². The summed E-state index contributed by atoms with van der Waals surface area (Å²) in [5.74, 6) is 0. The number of hydrogen-bond acceptors (Lipinski definition) is 0. The molecule has 0 aliphatic heterocycles. The van der Waals surface area contributed by atoms with Gasteiger partial charge in [0.05, 0.1) is 0 Å². The van der Waals surface area contributed by atoms with E-state index in [1.165, 1.54) is 55.6 Å². The normalized spacial score (nSPS) is 10.9. The van der Waals surface area contributed by atoms with Crippen molar-refractivity contribution in [1.29, 1.82) is 0 Å². The molecule has 0 aliphatic rings. The van der Waals surface area contributed by atoms with Crippen LogP contribution in [0.5, 0.6) is 0 Å². The van der Waals surface area contributed by atoms with E-state index >= 15 is 0 Å². The molecule has 0 saturated carbocycles. The van der Waals surface area contributed by atoms with Crippen molar-refractivity contribution in [2.75, 3.05) is 0 Å². The lowest BCUT2D eigenvalue weighted by molar-refractivity contribution is 1.32. The summed E-state index contributed by atoms with van der Waals surface area (Å²) in [6, 6.07) is 30.5. The number of aryl methyl sites for hydroxylation is 2. The number of hydrogen-bond donors (Lipinski definition) is 0. The minimum atomic E-state index is 1.26. The van der Waals surface area contributed by atoms with Gasteiger partial charge in [-0.25, -0.2) is 0 Å². The van der Waals surface area contributed by atoms with E-state index in [1.54, 1.807) is 0 Å². The molecule has 0 N–H and O–H groups in total. The smallest absolute Gasteiger partial charge is 0.00704 e. The molecule has 0 spiro atoms. The third kappa shape index (κ3) is 3.16. The van der Waals surface area contributed by atoms with E-state index in [2.05, 4.69) is 113 Å². The van der Waals surface area contributed by atoms with Crippen molar-refractivity contribution in [2.45, 2.75) is 27.7 Å². The van der Waals surface area contributed by atoms with Crippen LogP contribution in [0.15, 0.2) is 84.9 Å². The van der Waals surface area contributed by atoms with Crippen molar-refractivity contribution in [2.24, 2.45) is 0 Å². The lowest BCUT2D eigenvalue weighted by Crippen LogP contribution is -1.98. The zero-order chi connectivity index (χ0) is 19.7. The molecular formula is C28H26. The molecule has 0 unspecified atom stereocenters. The summed E-state index contributed by atoms with van der Waals surface area (Å²) in [5, 5.41) is 0. The SMILES string of the molecule is Cc1ccccc1-c1cc(-c2ccccc2)c(-c2ccccc2C)c(C)c1C. The van der Waals surface area contributed by atoms with Crippen molar-refractivity contribution < 1.29 is 0 Å². The minimum absolute atomic E-state index is 1.26. The Morgan fingerprint density at radius 3 is 1.57 bits per heavy atom. The van der Waals surface area contributed by atoms with Gasteiger partial charge < -0.3 is 0 Å². The van der Waals surface area contributed by atoms with E-state index in [1.807, 2.05) is 0 Å². The zero-order valence-electron chi connectivity index (χ0n) is 17.1. The van der Waals surface area contributed by atoms with Crippen LogP contribution in [0, 0.1) is 27.7 Å². The molecule has 4 rings (SSSR count). The molecule has 0 radical (unpaired) electrons. The molecule has 0 aromatic heterocycles. The quantitative estimate of drug-likeness (QED) is 0.347. The Labute approximate surface area is 168 Å². The molecule has 0 saturated heterocycles. The lowest BCUT2D eigenvalue weighted by atomic mass is 9.82. The molecule has 0 fully saturated rings. The van der Waals surface area contributed by atoms with Crippen LogP contribution in [0.3, 0.4) is 0 Å². The van der Waals surface area contributed by atoms with Crippen LogP contribution in [0.25, 0.3) is 33.4 Å². The second-order valence-electron chi connectivity index (χ2n) is 7.59. The van der Waals surface area contributed by atoms with Crippen molar-refractivity contribution in [3.05, 3.63) is 107 Å². The summed E-state index contributed by atoms with van der Waals surface area (Å²) in [6.45, 7) is 8.93. The Kier molecular flexibility index (Phi) is 4.88. The maximum absolute atomic E-state index is 2.39. The van der Waals surface area contributed by atoms with Gasteiger partial charge in [-0.05, 0) is 89.4 Å². The first-order chi connectivity index (χ1) is 13.6. The fourth-order valence-corrected chi connectivity index (χ4v) is 4.12. The largest absolute Gasteiger partial charge is 0.0622 e. The van der Waals surface area contributed by atoms with Gasteiger partial charge in [-0.3, -0.25) is 0 Å². The van der Waals surface area contributed by atoms with Crippen molar-refractivity contribution in [1.82, 2.24) is 0 Å². The minimum Gasteiger partial charge on any atom is -0.0622 e. The van der Waals surface area contributed by atoms with Gasteiger partial charge in [0.25, 0.3) is 0 Å². The van der Waals surface area contributed by atoms with Crippen LogP contribution in [0.2, 0.25) is 0 Å². The third-order valence-electron chi connectivity index (χ3n) is 5.83. The van der Waals surface area contributed by atoms with E-state index in [0.29, 0.717) is 0 Å². The van der Waals surface area contributed by atoms with Gasteiger partial charge in [-0.1, -0.05) is 78.9 Å². The Balaban J connectivity index is 2.09. The van der Waals surface area contributed by atoms with Crippen molar-refractivity contribution in [3.8, 4) is 33.4 Å². The van der Waals surface area contributed by atoms with Crippen molar-refractivity contribution >= 4 is 0 Å². The topological polar surface area (TPSA) is 0 Å². The maximum Gasteiger partial charge on any atom is -0.00704 e. The Morgan fingerprint density at radius 1 is 0.429 bits per heavy atom. The standard InChI is InChI=1S/C28H26/c1-19-12-8-10-16-24(19)26-18-27(23-14-6-5-7-15-23)28(22(4)21(26)3)25-17-11-9-13-20(25)2/h5-18H,1-4H3. The van der Waals surface area contributed by atoms with Gasteiger partial charge in [-0.2, -0.15) is 0 Å². The first kappa shape index (κ1) is 18.3. The third-order valence-corrected chi connectivity index (χ3v) is 5.83. The Hall–Kier alpha value is -3.12. The highest BCUT2D eigenvalue weighted by Crippen LogP contribution is 2.42. The predicted molar refractivity (Wildman–Crippen MR) is 122 cm³/mol. The van der Waals surface area contributed by atoms with Crippen molar-refractivity contribution in [3.63, 3.8) is 0 Å².